The number of hydrogen-bond donors (Lipinski definition) is 0. The number of rotatable bonds is 4. The van der Waals surface area contributed by atoms with Crippen LogP contribution in [0.15, 0.2) is 18.2 Å². The van der Waals surface area contributed by atoms with E-state index in [0.29, 0.717) is 6.42 Å². The zero-order valence-corrected chi connectivity index (χ0v) is 13.5. The average Bonchev–Trinajstić information content (AvgIpc) is 2.72. The molecule has 1 saturated heterocycles. The Morgan fingerprint density at radius 1 is 1.29 bits per heavy atom. The van der Waals surface area contributed by atoms with Crippen molar-refractivity contribution in [2.24, 2.45) is 0 Å². The number of nitrogens with zero attached hydrogens (tertiary/aromatic N) is 2. The van der Waals surface area contributed by atoms with Gasteiger partial charge in [0.1, 0.15) is 5.75 Å². The second kappa shape index (κ2) is 7.66. The predicted octanol–water partition coefficient (Wildman–Crippen LogP) is 2.79. The largest absolute Gasteiger partial charge is 0.496 e. The van der Waals surface area contributed by atoms with Crippen molar-refractivity contribution in [1.82, 2.24) is 9.80 Å². The molecular weight excluding hydrogens is 288 g/mol. The smallest absolute Gasteiger partial charge is 0.222 e. The van der Waals surface area contributed by atoms with Crippen LogP contribution >= 0.6 is 11.6 Å². The minimum Gasteiger partial charge on any atom is -0.496 e. The number of benzene rings is 1. The van der Waals surface area contributed by atoms with E-state index in [-0.39, 0.29) is 5.91 Å². The summed E-state index contributed by atoms with van der Waals surface area (Å²) in [4.78, 5) is 16.1. The normalized spacial score (nSPS) is 16.6. The van der Waals surface area contributed by atoms with Gasteiger partial charge in [-0.3, -0.25) is 9.69 Å². The van der Waals surface area contributed by atoms with Gasteiger partial charge >= 0.3 is 0 Å². The number of ether oxygens (including phenoxy) is 1. The lowest BCUT2D eigenvalue weighted by atomic mass is 10.2. The zero-order chi connectivity index (χ0) is 15.2. The van der Waals surface area contributed by atoms with Crippen LogP contribution in [0.4, 0.5) is 0 Å². The SMILES string of the molecule is CCC(=O)N1CCCN(Cc2cc(Cl)ccc2OC)CC1. The highest BCUT2D eigenvalue weighted by Gasteiger charge is 2.18. The third kappa shape index (κ3) is 4.35. The molecule has 0 radical (unpaired) electrons. The molecule has 1 fully saturated rings. The van der Waals surface area contributed by atoms with E-state index < -0.39 is 0 Å². The van der Waals surface area contributed by atoms with Crippen molar-refractivity contribution in [1.29, 1.82) is 0 Å². The molecule has 4 nitrogen and oxygen atoms in total. The molecule has 1 amide bonds. The highest BCUT2D eigenvalue weighted by atomic mass is 35.5. The van der Waals surface area contributed by atoms with Crippen LogP contribution in [-0.4, -0.2) is 49.0 Å². The quantitative estimate of drug-likeness (QED) is 0.857. The maximum absolute atomic E-state index is 11.8. The number of halogens is 1. The van der Waals surface area contributed by atoms with Crippen molar-refractivity contribution in [2.75, 3.05) is 33.3 Å². The van der Waals surface area contributed by atoms with Crippen molar-refractivity contribution in [2.45, 2.75) is 26.3 Å². The van der Waals surface area contributed by atoms with Gasteiger partial charge in [0.15, 0.2) is 0 Å². The van der Waals surface area contributed by atoms with Crippen molar-refractivity contribution >= 4 is 17.5 Å². The van der Waals surface area contributed by atoms with Crippen LogP contribution in [0.3, 0.4) is 0 Å². The maximum atomic E-state index is 11.8. The van der Waals surface area contributed by atoms with Crippen molar-refractivity contribution < 1.29 is 9.53 Å². The first-order valence-corrected chi connectivity index (χ1v) is 7.84. The Labute approximate surface area is 131 Å². The lowest BCUT2D eigenvalue weighted by Gasteiger charge is -2.22. The summed E-state index contributed by atoms with van der Waals surface area (Å²) in [6.07, 6.45) is 1.59. The van der Waals surface area contributed by atoms with Crippen LogP contribution in [0.2, 0.25) is 5.02 Å². The molecule has 0 saturated carbocycles. The van der Waals surface area contributed by atoms with E-state index in [0.717, 1.165) is 55.5 Å². The molecule has 1 aromatic carbocycles. The van der Waals surface area contributed by atoms with E-state index >= 15 is 0 Å². The van der Waals surface area contributed by atoms with Gasteiger partial charge in [-0.2, -0.15) is 0 Å². The molecule has 1 heterocycles. The summed E-state index contributed by atoms with van der Waals surface area (Å²) < 4.78 is 5.40. The van der Waals surface area contributed by atoms with Crippen LogP contribution in [-0.2, 0) is 11.3 Å². The number of methoxy groups -OCH3 is 1. The van der Waals surface area contributed by atoms with Crippen molar-refractivity contribution in [3.05, 3.63) is 28.8 Å². The topological polar surface area (TPSA) is 32.8 Å². The predicted molar refractivity (Wildman–Crippen MR) is 84.8 cm³/mol. The Bertz CT molecular complexity index is 493. The van der Waals surface area contributed by atoms with E-state index in [1.807, 2.05) is 30.0 Å². The maximum Gasteiger partial charge on any atom is 0.222 e. The monoisotopic (exact) mass is 310 g/mol. The summed E-state index contributed by atoms with van der Waals surface area (Å²) >= 11 is 6.08. The Kier molecular flexibility index (Phi) is 5.88. The molecule has 1 aromatic rings. The van der Waals surface area contributed by atoms with Gasteiger partial charge in [-0.05, 0) is 24.6 Å². The molecule has 0 unspecified atom stereocenters. The summed E-state index contributed by atoms with van der Waals surface area (Å²) in [7, 11) is 1.68. The van der Waals surface area contributed by atoms with Gasteiger partial charge in [0.05, 0.1) is 7.11 Å². The van der Waals surface area contributed by atoms with E-state index in [1.54, 1.807) is 7.11 Å². The fourth-order valence-corrected chi connectivity index (χ4v) is 2.91. The van der Waals surface area contributed by atoms with Crippen LogP contribution < -0.4 is 4.74 Å². The van der Waals surface area contributed by atoms with Gasteiger partial charge in [-0.1, -0.05) is 18.5 Å². The molecule has 0 aromatic heterocycles. The Balaban J connectivity index is 2.00. The second-order valence-corrected chi connectivity index (χ2v) is 5.76. The third-order valence-corrected chi connectivity index (χ3v) is 4.12. The minimum absolute atomic E-state index is 0.247. The average molecular weight is 311 g/mol. The summed E-state index contributed by atoms with van der Waals surface area (Å²) in [6.45, 7) is 6.26. The van der Waals surface area contributed by atoms with Gasteiger partial charge < -0.3 is 9.64 Å². The molecule has 0 N–H and O–H groups in total. The minimum atomic E-state index is 0.247. The molecule has 5 heteroatoms. The van der Waals surface area contributed by atoms with Gasteiger partial charge in [-0.15, -0.1) is 0 Å². The first-order chi connectivity index (χ1) is 10.1. The lowest BCUT2D eigenvalue weighted by molar-refractivity contribution is -0.130. The highest BCUT2D eigenvalue weighted by molar-refractivity contribution is 6.30. The summed E-state index contributed by atoms with van der Waals surface area (Å²) in [5.41, 5.74) is 1.10. The molecule has 0 aliphatic carbocycles. The van der Waals surface area contributed by atoms with E-state index in [9.17, 15) is 4.79 Å². The zero-order valence-electron chi connectivity index (χ0n) is 12.8. The highest BCUT2D eigenvalue weighted by Crippen LogP contribution is 2.24. The molecule has 2 rings (SSSR count). The molecule has 0 bridgehead atoms. The van der Waals surface area contributed by atoms with Gasteiger partial charge in [0.2, 0.25) is 5.91 Å². The summed E-state index contributed by atoms with van der Waals surface area (Å²) in [6, 6.07) is 5.70. The molecular formula is C16H23ClN2O2. The second-order valence-electron chi connectivity index (χ2n) is 5.32. The van der Waals surface area contributed by atoms with Gasteiger partial charge in [0.25, 0.3) is 0 Å². The van der Waals surface area contributed by atoms with Crippen molar-refractivity contribution in [3.63, 3.8) is 0 Å². The molecule has 1 aliphatic rings. The number of hydrogen-bond acceptors (Lipinski definition) is 3. The fourth-order valence-electron chi connectivity index (χ4n) is 2.71. The molecule has 0 atom stereocenters. The Hall–Kier alpha value is -1.26. The van der Waals surface area contributed by atoms with E-state index in [2.05, 4.69) is 4.90 Å². The first-order valence-electron chi connectivity index (χ1n) is 7.46. The van der Waals surface area contributed by atoms with Crippen LogP contribution in [0.5, 0.6) is 5.75 Å². The lowest BCUT2D eigenvalue weighted by Crippen LogP contribution is -2.34. The van der Waals surface area contributed by atoms with Gasteiger partial charge in [-0.25, -0.2) is 0 Å². The standard InChI is InChI=1S/C16H23ClN2O2/c1-3-16(20)19-8-4-7-18(9-10-19)12-13-11-14(17)5-6-15(13)21-2/h5-6,11H,3-4,7-10,12H2,1-2H3. The van der Waals surface area contributed by atoms with Crippen LogP contribution in [0.1, 0.15) is 25.3 Å². The fraction of sp³-hybridized carbons (Fsp3) is 0.562. The van der Waals surface area contributed by atoms with Crippen LogP contribution in [0.25, 0.3) is 0 Å². The summed E-state index contributed by atoms with van der Waals surface area (Å²) in [5.74, 6) is 1.11. The van der Waals surface area contributed by atoms with Gasteiger partial charge in [0, 0.05) is 49.7 Å². The summed E-state index contributed by atoms with van der Waals surface area (Å²) in [5, 5.41) is 0.725. The number of amides is 1. The van der Waals surface area contributed by atoms with E-state index in [1.165, 1.54) is 0 Å². The molecule has 0 spiro atoms. The molecule has 21 heavy (non-hydrogen) atoms. The molecule has 116 valence electrons. The van der Waals surface area contributed by atoms with Crippen LogP contribution in [0, 0.1) is 0 Å². The Morgan fingerprint density at radius 2 is 2.10 bits per heavy atom. The van der Waals surface area contributed by atoms with Crippen molar-refractivity contribution in [3.8, 4) is 5.75 Å². The molecule has 1 aliphatic heterocycles. The Morgan fingerprint density at radius 3 is 2.81 bits per heavy atom. The number of carbonyl (C=O) groups is 1. The third-order valence-electron chi connectivity index (χ3n) is 3.88. The van der Waals surface area contributed by atoms with E-state index in [4.69, 9.17) is 16.3 Å². The first kappa shape index (κ1) is 16.1. The number of carbonyl (C=O) groups excluding carboxylic acids is 1.